The Kier molecular flexibility index (Phi) is 4.42. The van der Waals surface area contributed by atoms with Crippen LogP contribution in [-0.4, -0.2) is 76.3 Å². The van der Waals surface area contributed by atoms with Gasteiger partial charge in [0, 0.05) is 37.6 Å². The number of nitrogens with zero attached hydrogens (tertiary/aromatic N) is 5. The first-order chi connectivity index (χ1) is 14.8. The van der Waals surface area contributed by atoms with Crippen LogP contribution in [0.25, 0.3) is 0 Å². The van der Waals surface area contributed by atoms with E-state index in [0.717, 1.165) is 24.0 Å². The van der Waals surface area contributed by atoms with Crippen LogP contribution in [0.4, 0.5) is 29.9 Å². The molecule has 4 heterocycles. The van der Waals surface area contributed by atoms with Gasteiger partial charge in [-0.25, -0.2) is 28.3 Å². The maximum absolute atomic E-state index is 13.4. The summed E-state index contributed by atoms with van der Waals surface area (Å²) >= 11 is 0. The molecule has 1 aromatic heterocycles. The van der Waals surface area contributed by atoms with Crippen molar-refractivity contribution in [3.05, 3.63) is 47.9 Å². The third kappa shape index (κ3) is 3.39. The molecule has 0 bridgehead atoms. The highest BCUT2D eigenvalue weighted by Crippen LogP contribution is 2.41. The van der Waals surface area contributed by atoms with Crippen LogP contribution in [0.15, 0.2) is 30.5 Å². The molecule has 1 spiro atoms. The molecule has 0 aliphatic carbocycles. The van der Waals surface area contributed by atoms with E-state index in [1.807, 2.05) is 4.90 Å². The highest BCUT2D eigenvalue weighted by atomic mass is 19.1. The molecule has 0 saturated carbocycles. The lowest BCUT2D eigenvalue weighted by Crippen LogP contribution is -2.71. The van der Waals surface area contributed by atoms with Crippen LogP contribution in [0.5, 0.6) is 0 Å². The van der Waals surface area contributed by atoms with E-state index in [4.69, 9.17) is 4.74 Å². The van der Waals surface area contributed by atoms with Crippen LogP contribution in [0.1, 0.15) is 5.82 Å². The van der Waals surface area contributed by atoms with Gasteiger partial charge in [-0.15, -0.1) is 0 Å². The summed E-state index contributed by atoms with van der Waals surface area (Å²) in [7, 11) is 0. The largest absolute Gasteiger partial charge is 0.437 e. The van der Waals surface area contributed by atoms with Gasteiger partial charge in [0.15, 0.2) is 5.60 Å². The molecule has 3 fully saturated rings. The van der Waals surface area contributed by atoms with E-state index >= 15 is 0 Å². The number of aryl methyl sites for hydroxylation is 1. The molecule has 1 N–H and O–H groups in total. The molecule has 11 heteroatoms. The summed E-state index contributed by atoms with van der Waals surface area (Å²) in [6.45, 7) is 3.59. The number of urea groups is 1. The van der Waals surface area contributed by atoms with Gasteiger partial charge in [-0.1, -0.05) is 0 Å². The smallest absolute Gasteiger partial charge is 0.411 e. The van der Waals surface area contributed by atoms with Gasteiger partial charge in [-0.2, -0.15) is 0 Å². The van der Waals surface area contributed by atoms with Gasteiger partial charge < -0.3 is 19.9 Å². The zero-order valence-electron chi connectivity index (χ0n) is 16.7. The van der Waals surface area contributed by atoms with Gasteiger partial charge in [-0.05, 0) is 25.1 Å². The maximum atomic E-state index is 13.4. The average molecular weight is 430 g/mol. The minimum atomic E-state index is -0.775. The van der Waals surface area contributed by atoms with Crippen molar-refractivity contribution >= 4 is 23.6 Å². The van der Waals surface area contributed by atoms with Crippen molar-refractivity contribution in [2.75, 3.05) is 42.9 Å². The number of carbonyl (C=O) groups is 2. The number of aromatic nitrogens is 2. The summed E-state index contributed by atoms with van der Waals surface area (Å²) in [6.07, 6.45) is 1.29. The lowest BCUT2D eigenvalue weighted by molar-refractivity contribution is -0.00308. The summed E-state index contributed by atoms with van der Waals surface area (Å²) in [4.78, 5) is 38.8. The Morgan fingerprint density at radius 2 is 1.97 bits per heavy atom. The SMILES string of the molecule is Cc1nccc(N2CC3(C2)OC(=O)N2CCN(C(=O)Nc4cc(F)cc(F)c4)CC23)n1. The van der Waals surface area contributed by atoms with Crippen molar-refractivity contribution in [1.29, 1.82) is 0 Å². The second kappa shape index (κ2) is 7.03. The normalized spacial score (nSPS) is 21.6. The van der Waals surface area contributed by atoms with E-state index in [2.05, 4.69) is 15.3 Å². The first kappa shape index (κ1) is 19.5. The fourth-order valence-electron chi connectivity index (χ4n) is 4.42. The Balaban J connectivity index is 1.29. The number of benzene rings is 1. The van der Waals surface area contributed by atoms with E-state index < -0.39 is 29.4 Å². The molecule has 3 aliphatic heterocycles. The summed E-state index contributed by atoms with van der Waals surface area (Å²) in [5.41, 5.74) is -0.702. The number of halogens is 2. The second-order valence-corrected chi connectivity index (χ2v) is 7.99. The van der Waals surface area contributed by atoms with Crippen LogP contribution in [0.2, 0.25) is 0 Å². The lowest BCUT2D eigenvalue weighted by Gasteiger charge is -2.51. The summed E-state index contributed by atoms with van der Waals surface area (Å²) < 4.78 is 32.6. The molecule has 9 nitrogen and oxygen atoms in total. The summed E-state index contributed by atoms with van der Waals surface area (Å²) in [5.74, 6) is -0.143. The number of hydrogen-bond acceptors (Lipinski definition) is 6. The minimum absolute atomic E-state index is 0.0346. The number of carbonyl (C=O) groups excluding carboxylic acids is 2. The topological polar surface area (TPSA) is 90.9 Å². The summed E-state index contributed by atoms with van der Waals surface area (Å²) in [6, 6.07) is 3.83. The molecule has 2 aromatic rings. The van der Waals surface area contributed by atoms with Crippen molar-refractivity contribution in [2.24, 2.45) is 0 Å². The van der Waals surface area contributed by atoms with Crippen LogP contribution in [0, 0.1) is 18.6 Å². The van der Waals surface area contributed by atoms with Crippen molar-refractivity contribution < 1.29 is 23.1 Å². The molecule has 3 amide bonds. The Hall–Kier alpha value is -3.50. The Morgan fingerprint density at radius 1 is 1.23 bits per heavy atom. The molecule has 1 aromatic carbocycles. The molecule has 0 radical (unpaired) electrons. The zero-order valence-corrected chi connectivity index (χ0v) is 16.7. The van der Waals surface area contributed by atoms with Crippen molar-refractivity contribution in [3.63, 3.8) is 0 Å². The van der Waals surface area contributed by atoms with Crippen molar-refractivity contribution in [2.45, 2.75) is 18.6 Å². The molecule has 1 atom stereocenters. The quantitative estimate of drug-likeness (QED) is 0.784. The number of anilines is 2. The van der Waals surface area contributed by atoms with E-state index in [-0.39, 0.29) is 18.3 Å². The number of hydrogen-bond donors (Lipinski definition) is 1. The maximum Gasteiger partial charge on any atom is 0.411 e. The van der Waals surface area contributed by atoms with Crippen LogP contribution in [-0.2, 0) is 4.74 Å². The standard InChI is InChI=1S/C20H20F2N6O3/c1-12-23-3-2-17(24-12)27-10-20(11-27)16-9-26(4-5-28(16)19(30)31-20)18(29)25-15-7-13(21)6-14(22)8-15/h2-3,6-8,16H,4-5,9-11H2,1H3,(H,25,29). The predicted octanol–water partition coefficient (Wildman–Crippen LogP) is 1.99. The fraction of sp³-hybridized carbons (Fsp3) is 0.400. The van der Waals surface area contributed by atoms with Gasteiger partial charge >= 0.3 is 12.1 Å². The molecule has 31 heavy (non-hydrogen) atoms. The van der Waals surface area contributed by atoms with Gasteiger partial charge in [0.2, 0.25) is 0 Å². The average Bonchev–Trinajstić information content (AvgIpc) is 2.98. The van der Waals surface area contributed by atoms with E-state index in [1.54, 1.807) is 24.1 Å². The van der Waals surface area contributed by atoms with E-state index in [1.165, 1.54) is 4.90 Å². The second-order valence-electron chi connectivity index (χ2n) is 7.99. The van der Waals surface area contributed by atoms with Crippen molar-refractivity contribution in [3.8, 4) is 0 Å². The lowest BCUT2D eigenvalue weighted by atomic mass is 9.84. The highest BCUT2D eigenvalue weighted by molar-refractivity contribution is 5.89. The number of nitrogens with one attached hydrogen (secondary N) is 1. The number of fused-ring (bicyclic) bond motifs is 2. The van der Waals surface area contributed by atoms with Crippen LogP contribution in [0.3, 0.4) is 0 Å². The molecule has 3 saturated heterocycles. The van der Waals surface area contributed by atoms with E-state index in [0.29, 0.717) is 32.0 Å². The first-order valence-corrected chi connectivity index (χ1v) is 9.89. The van der Waals surface area contributed by atoms with Gasteiger partial charge in [-0.3, -0.25) is 4.90 Å². The number of piperazine rings is 1. The third-order valence-electron chi connectivity index (χ3n) is 5.92. The van der Waals surface area contributed by atoms with Gasteiger partial charge in [0.25, 0.3) is 0 Å². The molecular weight excluding hydrogens is 410 g/mol. The zero-order chi connectivity index (χ0) is 21.8. The van der Waals surface area contributed by atoms with Gasteiger partial charge in [0.05, 0.1) is 19.1 Å². The number of rotatable bonds is 2. The molecule has 3 aliphatic rings. The molecule has 1 unspecified atom stereocenters. The first-order valence-electron chi connectivity index (χ1n) is 9.89. The van der Waals surface area contributed by atoms with Crippen LogP contribution < -0.4 is 10.2 Å². The fourth-order valence-corrected chi connectivity index (χ4v) is 4.42. The number of amides is 3. The predicted molar refractivity (Wildman–Crippen MR) is 106 cm³/mol. The minimum Gasteiger partial charge on any atom is -0.437 e. The molecule has 162 valence electrons. The number of ether oxygens (including phenoxy) is 1. The van der Waals surface area contributed by atoms with Crippen molar-refractivity contribution in [1.82, 2.24) is 19.8 Å². The molecular formula is C20H20F2N6O3. The van der Waals surface area contributed by atoms with E-state index in [9.17, 15) is 18.4 Å². The Morgan fingerprint density at radius 3 is 2.68 bits per heavy atom. The highest BCUT2D eigenvalue weighted by Gasteiger charge is 2.62. The third-order valence-corrected chi connectivity index (χ3v) is 5.92. The van der Waals surface area contributed by atoms with Crippen LogP contribution >= 0.6 is 0 Å². The monoisotopic (exact) mass is 430 g/mol. The molecule has 5 rings (SSSR count). The van der Waals surface area contributed by atoms with Gasteiger partial charge in [0.1, 0.15) is 23.3 Å². The summed E-state index contributed by atoms with van der Waals surface area (Å²) in [5, 5.41) is 2.52. The Labute approximate surface area is 176 Å². The Bertz CT molecular complexity index is 1040.